The number of hydrogen-bond acceptors (Lipinski definition) is 3. The van der Waals surface area contributed by atoms with Gasteiger partial charge in [-0.25, -0.2) is 4.98 Å². The van der Waals surface area contributed by atoms with E-state index in [-0.39, 0.29) is 5.91 Å². The number of aromatic nitrogens is 3. The Balaban J connectivity index is 1.60. The number of nitrogens with one attached hydrogen (secondary N) is 2. The van der Waals surface area contributed by atoms with Crippen molar-refractivity contribution in [3.05, 3.63) is 78.5 Å². The van der Waals surface area contributed by atoms with Gasteiger partial charge in [0.1, 0.15) is 5.82 Å². The number of fused-ring (bicyclic) bond motifs is 1. The molecule has 5 heteroatoms. The van der Waals surface area contributed by atoms with Crippen LogP contribution in [0.1, 0.15) is 5.56 Å². The van der Waals surface area contributed by atoms with Gasteiger partial charge in [0, 0.05) is 11.8 Å². The third kappa shape index (κ3) is 3.26. The summed E-state index contributed by atoms with van der Waals surface area (Å²) in [6, 6.07) is 21.6. The number of aromatic amines is 1. The van der Waals surface area contributed by atoms with E-state index in [1.807, 2.05) is 66.7 Å². The summed E-state index contributed by atoms with van der Waals surface area (Å²) in [4.78, 5) is 16.7. The highest BCUT2D eigenvalue weighted by Gasteiger charge is 2.11. The Labute approximate surface area is 144 Å². The Bertz CT molecular complexity index is 1010. The average Bonchev–Trinajstić information content (AvgIpc) is 3.05. The molecule has 0 saturated carbocycles. The van der Waals surface area contributed by atoms with E-state index in [0.29, 0.717) is 17.9 Å². The van der Waals surface area contributed by atoms with Crippen molar-refractivity contribution >= 4 is 22.8 Å². The zero-order valence-electron chi connectivity index (χ0n) is 13.4. The first-order valence-corrected chi connectivity index (χ1v) is 8.03. The van der Waals surface area contributed by atoms with Crippen LogP contribution in [0.25, 0.3) is 22.2 Å². The molecule has 0 bridgehead atoms. The minimum atomic E-state index is -0.0955. The maximum Gasteiger partial charge on any atom is 0.229 e. The molecule has 0 fully saturated rings. The summed E-state index contributed by atoms with van der Waals surface area (Å²) in [7, 11) is 0. The third-order valence-electron chi connectivity index (χ3n) is 3.99. The van der Waals surface area contributed by atoms with Gasteiger partial charge in [0.2, 0.25) is 5.91 Å². The molecule has 0 saturated heterocycles. The van der Waals surface area contributed by atoms with Gasteiger partial charge in [-0.2, -0.15) is 5.10 Å². The van der Waals surface area contributed by atoms with Gasteiger partial charge in [-0.3, -0.25) is 9.89 Å². The molecule has 0 unspecified atom stereocenters. The Morgan fingerprint density at radius 1 is 0.960 bits per heavy atom. The van der Waals surface area contributed by atoms with Gasteiger partial charge in [0.25, 0.3) is 0 Å². The highest BCUT2D eigenvalue weighted by atomic mass is 16.1. The highest BCUT2D eigenvalue weighted by molar-refractivity contribution is 6.00. The lowest BCUT2D eigenvalue weighted by Gasteiger charge is -2.05. The molecule has 4 aromatic rings. The summed E-state index contributed by atoms with van der Waals surface area (Å²) >= 11 is 0. The monoisotopic (exact) mass is 328 g/mol. The lowest BCUT2D eigenvalue weighted by atomic mass is 10.1. The van der Waals surface area contributed by atoms with Crippen molar-refractivity contribution in [3.63, 3.8) is 0 Å². The Hall–Kier alpha value is -3.47. The molecule has 5 nitrogen and oxygen atoms in total. The first-order chi connectivity index (χ1) is 12.3. The minimum Gasteiger partial charge on any atom is -0.310 e. The van der Waals surface area contributed by atoms with Crippen LogP contribution in [0.3, 0.4) is 0 Å². The molecule has 2 heterocycles. The largest absolute Gasteiger partial charge is 0.310 e. The van der Waals surface area contributed by atoms with Crippen molar-refractivity contribution < 1.29 is 4.79 Å². The smallest absolute Gasteiger partial charge is 0.229 e. The fourth-order valence-electron chi connectivity index (χ4n) is 2.75. The predicted molar refractivity (Wildman–Crippen MR) is 98.1 cm³/mol. The molecule has 0 atom stereocenters. The van der Waals surface area contributed by atoms with Crippen molar-refractivity contribution in [2.45, 2.75) is 6.42 Å². The molecule has 0 aliphatic carbocycles. The SMILES string of the molecule is O=C(Cc1ccccc1)Nc1[nH]nc2ncc(-c3ccccc3)cc12. The fraction of sp³-hybridized carbons (Fsp3) is 0.0500. The molecule has 0 aliphatic rings. The van der Waals surface area contributed by atoms with Gasteiger partial charge in [0.05, 0.1) is 11.8 Å². The van der Waals surface area contributed by atoms with Crippen LogP contribution in [-0.4, -0.2) is 21.1 Å². The van der Waals surface area contributed by atoms with E-state index in [9.17, 15) is 4.79 Å². The number of benzene rings is 2. The molecular weight excluding hydrogens is 312 g/mol. The second-order valence-electron chi connectivity index (χ2n) is 5.77. The Morgan fingerprint density at radius 3 is 2.44 bits per heavy atom. The Morgan fingerprint density at radius 2 is 1.68 bits per heavy atom. The molecule has 0 aliphatic heterocycles. The van der Waals surface area contributed by atoms with Crippen LogP contribution in [0.4, 0.5) is 5.82 Å². The van der Waals surface area contributed by atoms with Crippen molar-refractivity contribution in [2.75, 3.05) is 5.32 Å². The molecule has 25 heavy (non-hydrogen) atoms. The number of carbonyl (C=O) groups is 1. The zero-order valence-corrected chi connectivity index (χ0v) is 13.4. The van der Waals surface area contributed by atoms with E-state index in [4.69, 9.17) is 0 Å². The number of hydrogen-bond donors (Lipinski definition) is 2. The van der Waals surface area contributed by atoms with Gasteiger partial charge in [-0.1, -0.05) is 60.7 Å². The van der Waals surface area contributed by atoms with Gasteiger partial charge in [-0.05, 0) is 17.2 Å². The quantitative estimate of drug-likeness (QED) is 0.598. The Kier molecular flexibility index (Phi) is 3.96. The van der Waals surface area contributed by atoms with E-state index in [0.717, 1.165) is 22.1 Å². The minimum absolute atomic E-state index is 0.0955. The summed E-state index contributed by atoms with van der Waals surface area (Å²) in [6.45, 7) is 0. The molecule has 0 spiro atoms. The van der Waals surface area contributed by atoms with Crippen LogP contribution in [0.5, 0.6) is 0 Å². The molecular formula is C20H16N4O. The first kappa shape index (κ1) is 15.1. The number of amides is 1. The average molecular weight is 328 g/mol. The molecule has 2 N–H and O–H groups in total. The zero-order chi connectivity index (χ0) is 17.1. The summed E-state index contributed by atoms with van der Waals surface area (Å²) in [5.74, 6) is 0.475. The first-order valence-electron chi connectivity index (χ1n) is 8.03. The maximum absolute atomic E-state index is 12.3. The number of carbonyl (C=O) groups excluding carboxylic acids is 1. The molecule has 0 radical (unpaired) electrons. The third-order valence-corrected chi connectivity index (χ3v) is 3.99. The second kappa shape index (κ2) is 6.57. The van der Waals surface area contributed by atoms with Crippen LogP contribution in [-0.2, 0) is 11.2 Å². The van der Waals surface area contributed by atoms with E-state index >= 15 is 0 Å². The van der Waals surface area contributed by atoms with Gasteiger partial charge in [0.15, 0.2) is 5.65 Å². The lowest BCUT2D eigenvalue weighted by Crippen LogP contribution is -2.14. The molecule has 122 valence electrons. The van der Waals surface area contributed by atoms with Crippen LogP contribution < -0.4 is 5.32 Å². The van der Waals surface area contributed by atoms with Crippen LogP contribution in [0.2, 0.25) is 0 Å². The van der Waals surface area contributed by atoms with Crippen molar-refractivity contribution in [3.8, 4) is 11.1 Å². The van der Waals surface area contributed by atoms with Gasteiger partial charge in [-0.15, -0.1) is 0 Å². The standard InChI is InChI=1S/C20H16N4O/c25-18(11-14-7-3-1-4-8-14)22-20-17-12-16(13-21-19(17)23-24-20)15-9-5-2-6-10-15/h1-10,12-13H,11H2,(H2,21,22,23,24,25). The van der Waals surface area contributed by atoms with Crippen LogP contribution >= 0.6 is 0 Å². The lowest BCUT2D eigenvalue weighted by molar-refractivity contribution is -0.115. The summed E-state index contributed by atoms with van der Waals surface area (Å²) in [5, 5.41) is 10.7. The predicted octanol–water partition coefficient (Wildman–Crippen LogP) is 3.81. The van der Waals surface area contributed by atoms with E-state index in [2.05, 4.69) is 20.5 Å². The van der Waals surface area contributed by atoms with E-state index in [1.54, 1.807) is 6.20 Å². The van der Waals surface area contributed by atoms with Gasteiger partial charge < -0.3 is 5.32 Å². The van der Waals surface area contributed by atoms with Crippen LogP contribution in [0, 0.1) is 0 Å². The van der Waals surface area contributed by atoms with Crippen LogP contribution in [0.15, 0.2) is 72.9 Å². The summed E-state index contributed by atoms with van der Waals surface area (Å²) in [6.07, 6.45) is 2.10. The normalized spacial score (nSPS) is 10.7. The molecule has 4 rings (SSSR count). The van der Waals surface area contributed by atoms with E-state index in [1.165, 1.54) is 0 Å². The molecule has 2 aromatic heterocycles. The molecule has 2 aromatic carbocycles. The van der Waals surface area contributed by atoms with E-state index < -0.39 is 0 Å². The van der Waals surface area contributed by atoms with Crippen molar-refractivity contribution in [1.29, 1.82) is 0 Å². The number of H-pyrrole nitrogens is 1. The summed E-state index contributed by atoms with van der Waals surface area (Å²) < 4.78 is 0. The van der Waals surface area contributed by atoms with Crippen molar-refractivity contribution in [2.24, 2.45) is 0 Å². The number of nitrogens with zero attached hydrogens (tertiary/aromatic N) is 2. The number of pyridine rings is 1. The van der Waals surface area contributed by atoms with Crippen molar-refractivity contribution in [1.82, 2.24) is 15.2 Å². The number of anilines is 1. The second-order valence-corrected chi connectivity index (χ2v) is 5.77. The highest BCUT2D eigenvalue weighted by Crippen LogP contribution is 2.25. The number of rotatable bonds is 4. The maximum atomic E-state index is 12.3. The molecule has 1 amide bonds. The van der Waals surface area contributed by atoms with Gasteiger partial charge >= 0.3 is 0 Å². The fourth-order valence-corrected chi connectivity index (χ4v) is 2.75. The topological polar surface area (TPSA) is 70.7 Å². The summed E-state index contributed by atoms with van der Waals surface area (Å²) in [5.41, 5.74) is 3.59.